The zero-order valence-corrected chi connectivity index (χ0v) is 12.3. The molecule has 0 saturated carbocycles. The Bertz CT molecular complexity index is 674. The van der Waals surface area contributed by atoms with Gasteiger partial charge in [-0.1, -0.05) is 0 Å². The SMILES string of the molecule is Cc1oc(C)c(S(=O)(=O)NCCn2cccn2)c1CN. The Morgan fingerprint density at radius 2 is 2.15 bits per heavy atom. The third-order valence-corrected chi connectivity index (χ3v) is 4.65. The van der Waals surface area contributed by atoms with Gasteiger partial charge in [-0.05, 0) is 19.9 Å². The van der Waals surface area contributed by atoms with Crippen molar-refractivity contribution in [3.63, 3.8) is 0 Å². The Morgan fingerprint density at radius 3 is 2.75 bits per heavy atom. The van der Waals surface area contributed by atoms with Crippen LogP contribution in [0.25, 0.3) is 0 Å². The molecule has 2 heterocycles. The lowest BCUT2D eigenvalue weighted by Gasteiger charge is -2.07. The molecule has 0 radical (unpaired) electrons. The minimum Gasteiger partial charge on any atom is -0.465 e. The van der Waals surface area contributed by atoms with Gasteiger partial charge < -0.3 is 10.2 Å². The summed E-state index contributed by atoms with van der Waals surface area (Å²) in [5.74, 6) is 0.895. The first-order chi connectivity index (χ1) is 9.45. The highest BCUT2D eigenvalue weighted by molar-refractivity contribution is 7.89. The second-order valence-electron chi connectivity index (χ2n) is 4.39. The van der Waals surface area contributed by atoms with Gasteiger partial charge >= 0.3 is 0 Å². The van der Waals surface area contributed by atoms with Crippen LogP contribution in [0.5, 0.6) is 0 Å². The van der Waals surface area contributed by atoms with E-state index in [2.05, 4.69) is 9.82 Å². The number of nitrogens with two attached hydrogens (primary N) is 1. The Balaban J connectivity index is 2.14. The lowest BCUT2D eigenvalue weighted by Crippen LogP contribution is -2.28. The molecule has 2 rings (SSSR count). The standard InChI is InChI=1S/C12H18N4O3S/c1-9-11(8-13)12(10(2)19-9)20(17,18)15-5-7-16-6-3-4-14-16/h3-4,6,15H,5,7-8,13H2,1-2H3. The topological polar surface area (TPSA) is 103 Å². The van der Waals surface area contributed by atoms with E-state index in [1.165, 1.54) is 0 Å². The summed E-state index contributed by atoms with van der Waals surface area (Å²) < 4.78 is 34.2. The van der Waals surface area contributed by atoms with Gasteiger partial charge in [0.15, 0.2) is 0 Å². The highest BCUT2D eigenvalue weighted by Gasteiger charge is 2.25. The zero-order chi connectivity index (χ0) is 14.8. The van der Waals surface area contributed by atoms with Crippen LogP contribution < -0.4 is 10.5 Å². The maximum absolute atomic E-state index is 12.3. The molecule has 7 nitrogen and oxygen atoms in total. The molecule has 110 valence electrons. The van der Waals surface area contributed by atoms with Crippen molar-refractivity contribution in [3.8, 4) is 0 Å². The van der Waals surface area contributed by atoms with Crippen LogP contribution in [0.15, 0.2) is 27.8 Å². The van der Waals surface area contributed by atoms with E-state index in [-0.39, 0.29) is 18.0 Å². The van der Waals surface area contributed by atoms with E-state index < -0.39 is 10.0 Å². The van der Waals surface area contributed by atoms with Gasteiger partial charge in [0.05, 0.1) is 6.54 Å². The Labute approximate surface area is 117 Å². The Hall–Kier alpha value is -1.64. The summed E-state index contributed by atoms with van der Waals surface area (Å²) >= 11 is 0. The van der Waals surface area contributed by atoms with Crippen molar-refractivity contribution in [2.24, 2.45) is 5.73 Å². The van der Waals surface area contributed by atoms with Crippen molar-refractivity contribution in [2.45, 2.75) is 31.8 Å². The molecule has 0 aliphatic rings. The van der Waals surface area contributed by atoms with Gasteiger partial charge in [-0.25, -0.2) is 13.1 Å². The van der Waals surface area contributed by atoms with Crippen molar-refractivity contribution < 1.29 is 12.8 Å². The molecule has 2 aromatic rings. The van der Waals surface area contributed by atoms with Crippen molar-refractivity contribution in [1.29, 1.82) is 0 Å². The molecule has 8 heteroatoms. The third-order valence-electron chi connectivity index (χ3n) is 2.99. The number of nitrogens with zero attached hydrogens (tertiary/aromatic N) is 2. The predicted octanol–water partition coefficient (Wildman–Crippen LogP) is 0.530. The first kappa shape index (κ1) is 14.8. The van der Waals surface area contributed by atoms with E-state index in [1.54, 1.807) is 37.0 Å². The summed E-state index contributed by atoms with van der Waals surface area (Å²) in [5, 5.41) is 4.01. The maximum atomic E-state index is 12.3. The predicted molar refractivity (Wildman–Crippen MR) is 73.5 cm³/mol. The summed E-state index contributed by atoms with van der Waals surface area (Å²) in [7, 11) is -3.63. The van der Waals surface area contributed by atoms with Crippen LogP contribution in [-0.2, 0) is 23.1 Å². The van der Waals surface area contributed by atoms with Crippen LogP contribution in [-0.4, -0.2) is 24.7 Å². The largest absolute Gasteiger partial charge is 0.465 e. The van der Waals surface area contributed by atoms with E-state index >= 15 is 0 Å². The van der Waals surface area contributed by atoms with E-state index in [1.807, 2.05) is 0 Å². The van der Waals surface area contributed by atoms with Gasteiger partial charge in [0.2, 0.25) is 10.0 Å². The molecule has 0 atom stereocenters. The fourth-order valence-corrected chi connectivity index (χ4v) is 3.57. The molecule has 0 saturated heterocycles. The van der Waals surface area contributed by atoms with E-state index in [9.17, 15) is 8.42 Å². The fraction of sp³-hybridized carbons (Fsp3) is 0.417. The molecule has 0 aliphatic carbocycles. The van der Waals surface area contributed by atoms with Gasteiger partial charge in [0.1, 0.15) is 16.4 Å². The summed E-state index contributed by atoms with van der Waals surface area (Å²) in [4.78, 5) is 0.151. The zero-order valence-electron chi connectivity index (χ0n) is 11.5. The summed E-state index contributed by atoms with van der Waals surface area (Å²) in [6, 6.07) is 1.78. The molecule has 3 N–H and O–H groups in total. The Morgan fingerprint density at radius 1 is 1.40 bits per heavy atom. The number of furan rings is 1. The van der Waals surface area contributed by atoms with Crippen molar-refractivity contribution in [3.05, 3.63) is 35.5 Å². The molecule has 0 aliphatic heterocycles. The molecule has 2 aromatic heterocycles. The third kappa shape index (κ3) is 2.92. The number of aromatic nitrogens is 2. The van der Waals surface area contributed by atoms with Crippen molar-refractivity contribution in [2.75, 3.05) is 6.54 Å². The van der Waals surface area contributed by atoms with Crippen LogP contribution in [0.1, 0.15) is 17.1 Å². The van der Waals surface area contributed by atoms with Gasteiger partial charge in [-0.2, -0.15) is 5.10 Å². The first-order valence-electron chi connectivity index (χ1n) is 6.21. The highest BCUT2D eigenvalue weighted by atomic mass is 32.2. The summed E-state index contributed by atoms with van der Waals surface area (Å²) in [6.45, 7) is 4.16. The average Bonchev–Trinajstić information content (AvgIpc) is 2.96. The van der Waals surface area contributed by atoms with Crippen LogP contribution in [0, 0.1) is 13.8 Å². The molecule has 0 bridgehead atoms. The molecular formula is C12H18N4O3S. The number of hydrogen-bond acceptors (Lipinski definition) is 5. The number of sulfonamides is 1. The van der Waals surface area contributed by atoms with Gasteiger partial charge in [0.25, 0.3) is 0 Å². The lowest BCUT2D eigenvalue weighted by atomic mass is 10.2. The monoisotopic (exact) mass is 298 g/mol. The van der Waals surface area contributed by atoms with Crippen LogP contribution in [0.3, 0.4) is 0 Å². The molecule has 0 fully saturated rings. The minimum absolute atomic E-state index is 0.124. The number of aryl methyl sites for hydroxylation is 2. The minimum atomic E-state index is -3.63. The average molecular weight is 298 g/mol. The highest BCUT2D eigenvalue weighted by Crippen LogP contribution is 2.25. The molecule has 0 aromatic carbocycles. The normalized spacial score (nSPS) is 11.9. The smallest absolute Gasteiger partial charge is 0.244 e. The quantitative estimate of drug-likeness (QED) is 0.809. The van der Waals surface area contributed by atoms with Gasteiger partial charge in [-0.3, -0.25) is 4.68 Å². The second-order valence-corrected chi connectivity index (χ2v) is 6.10. The van der Waals surface area contributed by atoms with E-state index in [0.29, 0.717) is 23.6 Å². The van der Waals surface area contributed by atoms with Crippen molar-refractivity contribution >= 4 is 10.0 Å². The first-order valence-corrected chi connectivity index (χ1v) is 7.70. The van der Waals surface area contributed by atoms with Crippen molar-refractivity contribution in [1.82, 2.24) is 14.5 Å². The fourth-order valence-electron chi connectivity index (χ4n) is 2.10. The van der Waals surface area contributed by atoms with E-state index in [4.69, 9.17) is 10.2 Å². The van der Waals surface area contributed by atoms with Gasteiger partial charge in [0, 0.05) is 31.0 Å². The van der Waals surface area contributed by atoms with Gasteiger partial charge in [-0.15, -0.1) is 0 Å². The molecule has 20 heavy (non-hydrogen) atoms. The molecular weight excluding hydrogens is 280 g/mol. The summed E-state index contributed by atoms with van der Waals surface area (Å²) in [6.07, 6.45) is 3.41. The molecule has 0 spiro atoms. The second kappa shape index (κ2) is 5.78. The Kier molecular flexibility index (Phi) is 4.26. The van der Waals surface area contributed by atoms with Crippen LogP contribution in [0.4, 0.5) is 0 Å². The lowest BCUT2D eigenvalue weighted by molar-refractivity contribution is 0.493. The van der Waals surface area contributed by atoms with E-state index in [0.717, 1.165) is 0 Å². The maximum Gasteiger partial charge on any atom is 0.244 e. The van der Waals surface area contributed by atoms with Crippen LogP contribution in [0.2, 0.25) is 0 Å². The summed E-state index contributed by atoms with van der Waals surface area (Å²) in [5.41, 5.74) is 6.12. The van der Waals surface area contributed by atoms with Crippen LogP contribution >= 0.6 is 0 Å². The molecule has 0 unspecified atom stereocenters. The number of rotatable bonds is 6. The number of nitrogens with one attached hydrogen (secondary N) is 1. The molecule has 0 amide bonds. The number of hydrogen-bond donors (Lipinski definition) is 2.